The van der Waals surface area contributed by atoms with E-state index in [4.69, 9.17) is 22.4 Å². The molecule has 0 aromatic heterocycles. The summed E-state index contributed by atoms with van der Waals surface area (Å²) < 4.78 is 0. The Morgan fingerprint density at radius 1 is 1.14 bits per heavy atom. The molecule has 0 aliphatic rings. The average Bonchev–Trinajstić information content (AvgIpc) is 2.52. The molecule has 2 aromatic carbocycles. The molecule has 3 N–H and O–H groups in total. The van der Waals surface area contributed by atoms with Crippen LogP contribution in [0.1, 0.15) is 29.0 Å². The van der Waals surface area contributed by atoms with Crippen LogP contribution in [0.3, 0.4) is 0 Å². The van der Waals surface area contributed by atoms with Gasteiger partial charge in [-0.25, -0.2) is 0 Å². The van der Waals surface area contributed by atoms with E-state index in [2.05, 4.69) is 12.1 Å². The van der Waals surface area contributed by atoms with E-state index in [9.17, 15) is 4.79 Å². The highest BCUT2D eigenvalue weighted by Crippen LogP contribution is 2.26. The number of rotatable bonds is 7. The second-order valence-electron chi connectivity index (χ2n) is 5.36. The van der Waals surface area contributed by atoms with E-state index in [0.717, 1.165) is 24.0 Å². The van der Waals surface area contributed by atoms with Crippen LogP contribution in [0.5, 0.6) is 0 Å². The Morgan fingerprint density at radius 2 is 1.86 bits per heavy atom. The maximum absolute atomic E-state index is 11.0. The predicted octanol–water partition coefficient (Wildman–Crippen LogP) is 3.64. The molecular formula is C18H20ClNO2. The summed E-state index contributed by atoms with van der Waals surface area (Å²) in [6.45, 7) is 0.312. The SMILES string of the molecule is NC[C@H](CC(=O)O)c1ccc(Cl)cc1CCc1ccccc1. The molecular weight excluding hydrogens is 298 g/mol. The lowest BCUT2D eigenvalue weighted by atomic mass is 9.89. The van der Waals surface area contributed by atoms with Crippen molar-refractivity contribution in [2.45, 2.75) is 25.2 Å². The highest BCUT2D eigenvalue weighted by atomic mass is 35.5. The fourth-order valence-corrected chi connectivity index (χ4v) is 2.84. The van der Waals surface area contributed by atoms with Gasteiger partial charge in [-0.05, 0) is 48.2 Å². The van der Waals surface area contributed by atoms with Gasteiger partial charge in [-0.15, -0.1) is 0 Å². The first-order valence-electron chi connectivity index (χ1n) is 7.34. The van der Waals surface area contributed by atoms with Crippen molar-refractivity contribution in [3.63, 3.8) is 0 Å². The van der Waals surface area contributed by atoms with E-state index in [-0.39, 0.29) is 12.3 Å². The van der Waals surface area contributed by atoms with E-state index < -0.39 is 5.97 Å². The van der Waals surface area contributed by atoms with Gasteiger partial charge in [-0.2, -0.15) is 0 Å². The van der Waals surface area contributed by atoms with Gasteiger partial charge < -0.3 is 10.8 Å². The van der Waals surface area contributed by atoms with Crippen LogP contribution in [0.15, 0.2) is 48.5 Å². The lowest BCUT2D eigenvalue weighted by Gasteiger charge is -2.18. The number of aryl methyl sites for hydroxylation is 2. The molecule has 0 amide bonds. The van der Waals surface area contributed by atoms with Gasteiger partial charge >= 0.3 is 5.97 Å². The van der Waals surface area contributed by atoms with Gasteiger partial charge in [0.05, 0.1) is 6.42 Å². The van der Waals surface area contributed by atoms with Gasteiger partial charge in [0, 0.05) is 10.9 Å². The lowest BCUT2D eigenvalue weighted by molar-refractivity contribution is -0.137. The summed E-state index contributed by atoms with van der Waals surface area (Å²) in [6, 6.07) is 15.8. The third kappa shape index (κ3) is 4.58. The summed E-state index contributed by atoms with van der Waals surface area (Å²) >= 11 is 6.10. The quantitative estimate of drug-likeness (QED) is 0.819. The van der Waals surface area contributed by atoms with Crippen LogP contribution in [-0.2, 0) is 17.6 Å². The van der Waals surface area contributed by atoms with E-state index in [1.165, 1.54) is 5.56 Å². The highest BCUT2D eigenvalue weighted by Gasteiger charge is 2.17. The predicted molar refractivity (Wildman–Crippen MR) is 89.4 cm³/mol. The molecule has 0 saturated heterocycles. The Balaban J connectivity index is 2.21. The largest absolute Gasteiger partial charge is 0.481 e. The van der Waals surface area contributed by atoms with Crippen LogP contribution in [0.25, 0.3) is 0 Å². The number of aliphatic carboxylic acids is 1. The van der Waals surface area contributed by atoms with Gasteiger partial charge in [0.25, 0.3) is 0 Å². The number of hydrogen-bond donors (Lipinski definition) is 2. The summed E-state index contributed by atoms with van der Waals surface area (Å²) in [7, 11) is 0. The van der Waals surface area contributed by atoms with Crippen molar-refractivity contribution in [3.05, 3.63) is 70.2 Å². The van der Waals surface area contributed by atoms with E-state index in [1.54, 1.807) is 6.07 Å². The van der Waals surface area contributed by atoms with Crippen molar-refractivity contribution in [3.8, 4) is 0 Å². The number of nitrogens with two attached hydrogens (primary N) is 1. The second-order valence-corrected chi connectivity index (χ2v) is 5.80. The summed E-state index contributed by atoms with van der Waals surface area (Å²) in [5.41, 5.74) is 9.09. The van der Waals surface area contributed by atoms with E-state index >= 15 is 0 Å². The molecule has 4 heteroatoms. The molecule has 0 heterocycles. The van der Waals surface area contributed by atoms with Gasteiger partial charge in [0.2, 0.25) is 0 Å². The number of hydrogen-bond acceptors (Lipinski definition) is 2. The van der Waals surface area contributed by atoms with Crippen LogP contribution in [0.4, 0.5) is 0 Å². The molecule has 0 radical (unpaired) electrons. The van der Waals surface area contributed by atoms with Crippen LogP contribution in [-0.4, -0.2) is 17.6 Å². The van der Waals surface area contributed by atoms with Crippen molar-refractivity contribution >= 4 is 17.6 Å². The molecule has 116 valence electrons. The fourth-order valence-electron chi connectivity index (χ4n) is 2.64. The zero-order valence-electron chi connectivity index (χ0n) is 12.3. The van der Waals surface area contributed by atoms with Crippen molar-refractivity contribution < 1.29 is 9.90 Å². The van der Waals surface area contributed by atoms with Crippen molar-refractivity contribution in [1.29, 1.82) is 0 Å². The average molecular weight is 318 g/mol. The Bertz CT molecular complexity index is 628. The standard InChI is InChI=1S/C18H20ClNO2/c19-16-8-9-17(15(12-20)11-18(21)22)14(10-16)7-6-13-4-2-1-3-5-13/h1-5,8-10,15H,6-7,11-12,20H2,(H,21,22)/t15-/m0/s1. The maximum atomic E-state index is 11.0. The third-order valence-corrected chi connectivity index (χ3v) is 4.01. The first kappa shape index (κ1) is 16.5. The number of benzene rings is 2. The second kappa shape index (κ2) is 7.97. The highest BCUT2D eigenvalue weighted by molar-refractivity contribution is 6.30. The Labute approximate surface area is 135 Å². The third-order valence-electron chi connectivity index (χ3n) is 3.78. The number of halogens is 1. The molecule has 22 heavy (non-hydrogen) atoms. The Hall–Kier alpha value is -1.84. The molecule has 0 saturated carbocycles. The summed E-state index contributed by atoms with van der Waals surface area (Å²) in [5.74, 6) is -1.01. The molecule has 0 unspecified atom stereocenters. The van der Waals surface area contributed by atoms with Crippen molar-refractivity contribution in [1.82, 2.24) is 0 Å². The molecule has 0 bridgehead atoms. The van der Waals surface area contributed by atoms with Crippen LogP contribution < -0.4 is 5.73 Å². The van der Waals surface area contributed by atoms with Gasteiger partial charge in [-0.1, -0.05) is 48.0 Å². The van der Waals surface area contributed by atoms with Crippen molar-refractivity contribution in [2.75, 3.05) is 6.54 Å². The minimum atomic E-state index is -0.834. The fraction of sp³-hybridized carbons (Fsp3) is 0.278. The summed E-state index contributed by atoms with van der Waals surface area (Å²) in [6.07, 6.45) is 1.74. The van der Waals surface area contributed by atoms with Gasteiger partial charge in [0.15, 0.2) is 0 Å². The maximum Gasteiger partial charge on any atom is 0.304 e. The number of carboxylic acid groups (broad SMARTS) is 1. The minimum absolute atomic E-state index is 0.0382. The lowest BCUT2D eigenvalue weighted by Crippen LogP contribution is -2.18. The normalized spacial score (nSPS) is 12.1. The number of carboxylic acids is 1. The summed E-state index contributed by atoms with van der Waals surface area (Å²) in [4.78, 5) is 11.0. The van der Waals surface area contributed by atoms with Crippen molar-refractivity contribution in [2.24, 2.45) is 5.73 Å². The molecule has 0 aliphatic carbocycles. The van der Waals surface area contributed by atoms with E-state index in [0.29, 0.717) is 11.6 Å². The van der Waals surface area contributed by atoms with E-state index in [1.807, 2.05) is 30.3 Å². The molecule has 0 fully saturated rings. The summed E-state index contributed by atoms with van der Waals surface area (Å²) in [5, 5.41) is 9.71. The van der Waals surface area contributed by atoms with Crippen LogP contribution >= 0.6 is 11.6 Å². The zero-order chi connectivity index (χ0) is 15.9. The molecule has 3 nitrogen and oxygen atoms in total. The molecule has 1 atom stereocenters. The minimum Gasteiger partial charge on any atom is -0.481 e. The smallest absolute Gasteiger partial charge is 0.304 e. The van der Waals surface area contributed by atoms with Gasteiger partial charge in [-0.3, -0.25) is 4.79 Å². The Morgan fingerprint density at radius 3 is 2.50 bits per heavy atom. The number of carbonyl (C=O) groups is 1. The molecule has 2 aromatic rings. The molecule has 0 aliphatic heterocycles. The van der Waals surface area contributed by atoms with Crippen LogP contribution in [0, 0.1) is 0 Å². The zero-order valence-corrected chi connectivity index (χ0v) is 13.1. The first-order chi connectivity index (χ1) is 10.6. The van der Waals surface area contributed by atoms with Crippen LogP contribution in [0.2, 0.25) is 5.02 Å². The molecule has 0 spiro atoms. The topological polar surface area (TPSA) is 63.3 Å². The monoisotopic (exact) mass is 317 g/mol. The van der Waals surface area contributed by atoms with Gasteiger partial charge in [0.1, 0.15) is 0 Å². The molecule has 2 rings (SSSR count). The Kier molecular flexibility index (Phi) is 5.99. The first-order valence-corrected chi connectivity index (χ1v) is 7.72.